The number of rotatable bonds is 5. The number of aromatic nitrogens is 1. The van der Waals surface area contributed by atoms with Crippen molar-refractivity contribution in [3.63, 3.8) is 0 Å². The number of aliphatic hydroxyl groups is 1. The van der Waals surface area contributed by atoms with Crippen molar-refractivity contribution in [3.8, 4) is 34.1 Å². The highest BCUT2D eigenvalue weighted by Crippen LogP contribution is 2.46. The average Bonchev–Trinajstić information content (AvgIpc) is 3.50. The fourth-order valence-corrected chi connectivity index (χ4v) is 4.45. The standard InChI is InChI=1S/C25H27NO6/c1-28-19-7-3-17(4-8-19)21-22(18-5-9-20(29-2)10-6-18)32-23(26-21)24(27)11-13-25(14-12-24)30-15-16-31-25/h3-10,27H,11-16H2,1-2H3. The van der Waals surface area contributed by atoms with Gasteiger partial charge < -0.3 is 28.5 Å². The summed E-state index contributed by atoms with van der Waals surface area (Å²) in [4.78, 5) is 4.80. The normalized spacial score (nSPS) is 19.2. The van der Waals surface area contributed by atoms with Crippen LogP contribution in [0.2, 0.25) is 0 Å². The number of methoxy groups -OCH3 is 2. The summed E-state index contributed by atoms with van der Waals surface area (Å²) in [6.45, 7) is 1.20. The molecule has 2 aromatic carbocycles. The van der Waals surface area contributed by atoms with Crippen molar-refractivity contribution in [3.05, 3.63) is 54.4 Å². The van der Waals surface area contributed by atoms with E-state index in [4.69, 9.17) is 28.3 Å². The zero-order valence-corrected chi connectivity index (χ0v) is 18.3. The molecular weight excluding hydrogens is 410 g/mol. The predicted molar refractivity (Wildman–Crippen MR) is 117 cm³/mol. The maximum Gasteiger partial charge on any atom is 0.227 e. The Morgan fingerprint density at radius 1 is 0.781 bits per heavy atom. The highest BCUT2D eigenvalue weighted by atomic mass is 16.7. The van der Waals surface area contributed by atoms with E-state index in [0.29, 0.717) is 56.2 Å². The molecule has 7 heteroatoms. The van der Waals surface area contributed by atoms with E-state index in [1.165, 1.54) is 0 Å². The molecule has 3 aromatic rings. The molecule has 1 aliphatic heterocycles. The van der Waals surface area contributed by atoms with Gasteiger partial charge in [-0.3, -0.25) is 0 Å². The van der Waals surface area contributed by atoms with E-state index in [1.807, 2.05) is 48.5 Å². The minimum Gasteiger partial charge on any atom is -0.497 e. The van der Waals surface area contributed by atoms with Gasteiger partial charge in [0.05, 0.1) is 27.4 Å². The molecule has 2 aliphatic rings. The highest BCUT2D eigenvalue weighted by Gasteiger charge is 2.48. The first kappa shape index (κ1) is 21.0. The fourth-order valence-electron chi connectivity index (χ4n) is 4.45. The lowest BCUT2D eigenvalue weighted by atomic mass is 9.81. The maximum atomic E-state index is 11.5. The topological polar surface area (TPSA) is 83.2 Å². The van der Waals surface area contributed by atoms with Gasteiger partial charge >= 0.3 is 0 Å². The number of nitrogens with zero attached hydrogens (tertiary/aromatic N) is 1. The molecule has 2 heterocycles. The summed E-state index contributed by atoms with van der Waals surface area (Å²) in [6, 6.07) is 15.3. The Balaban J connectivity index is 1.52. The predicted octanol–water partition coefficient (Wildman–Crippen LogP) is 4.53. The number of hydrogen-bond acceptors (Lipinski definition) is 7. The van der Waals surface area contributed by atoms with Gasteiger partial charge in [0.2, 0.25) is 5.89 Å². The average molecular weight is 437 g/mol. The molecule has 1 saturated carbocycles. The monoisotopic (exact) mass is 437 g/mol. The van der Waals surface area contributed by atoms with Crippen molar-refractivity contribution in [1.29, 1.82) is 0 Å². The molecule has 1 aromatic heterocycles. The van der Waals surface area contributed by atoms with Crippen molar-refractivity contribution < 1.29 is 28.5 Å². The van der Waals surface area contributed by atoms with Gasteiger partial charge in [0, 0.05) is 24.0 Å². The molecule has 0 amide bonds. The van der Waals surface area contributed by atoms with Crippen LogP contribution in [0.3, 0.4) is 0 Å². The van der Waals surface area contributed by atoms with Gasteiger partial charge in [-0.15, -0.1) is 0 Å². The largest absolute Gasteiger partial charge is 0.497 e. The minimum absolute atomic E-state index is 0.321. The molecule has 7 nitrogen and oxygen atoms in total. The van der Waals surface area contributed by atoms with E-state index in [0.717, 1.165) is 22.6 Å². The van der Waals surface area contributed by atoms with Crippen molar-refractivity contribution in [2.45, 2.75) is 37.1 Å². The van der Waals surface area contributed by atoms with E-state index in [2.05, 4.69) is 0 Å². The van der Waals surface area contributed by atoms with Crippen LogP contribution in [0.15, 0.2) is 52.9 Å². The minimum atomic E-state index is -1.17. The lowest BCUT2D eigenvalue weighted by molar-refractivity contribution is -0.207. The second-order valence-corrected chi connectivity index (χ2v) is 8.29. The second kappa shape index (κ2) is 8.24. The number of oxazole rings is 1. The van der Waals surface area contributed by atoms with Crippen LogP contribution in [0.4, 0.5) is 0 Å². The Morgan fingerprint density at radius 2 is 1.31 bits per heavy atom. The third-order valence-electron chi connectivity index (χ3n) is 6.39. The molecule has 1 N–H and O–H groups in total. The van der Waals surface area contributed by atoms with Crippen molar-refractivity contribution in [2.24, 2.45) is 0 Å². The van der Waals surface area contributed by atoms with Crippen LogP contribution >= 0.6 is 0 Å². The van der Waals surface area contributed by atoms with Crippen LogP contribution in [0, 0.1) is 0 Å². The van der Waals surface area contributed by atoms with E-state index < -0.39 is 11.4 Å². The van der Waals surface area contributed by atoms with E-state index >= 15 is 0 Å². The molecule has 168 valence electrons. The zero-order valence-electron chi connectivity index (χ0n) is 18.3. The Bertz CT molecular complexity index is 992. The first-order valence-corrected chi connectivity index (χ1v) is 10.8. The molecule has 0 bridgehead atoms. The summed E-state index contributed by atoms with van der Waals surface area (Å²) < 4.78 is 28.5. The Morgan fingerprint density at radius 3 is 1.84 bits per heavy atom. The van der Waals surface area contributed by atoms with E-state index in [9.17, 15) is 5.11 Å². The summed E-state index contributed by atoms with van der Waals surface area (Å²) in [5, 5.41) is 11.5. The molecular formula is C25H27NO6. The van der Waals surface area contributed by atoms with Gasteiger partial charge in [0.25, 0.3) is 0 Å². The van der Waals surface area contributed by atoms with Crippen molar-refractivity contribution in [1.82, 2.24) is 4.98 Å². The summed E-state index contributed by atoms with van der Waals surface area (Å²) in [7, 11) is 3.27. The quantitative estimate of drug-likeness (QED) is 0.628. The van der Waals surface area contributed by atoms with Crippen LogP contribution < -0.4 is 9.47 Å². The van der Waals surface area contributed by atoms with Crippen LogP contribution in [-0.4, -0.2) is 43.3 Å². The van der Waals surface area contributed by atoms with Gasteiger partial charge in [-0.05, 0) is 61.4 Å². The molecule has 0 atom stereocenters. The fraction of sp³-hybridized carbons (Fsp3) is 0.400. The van der Waals surface area contributed by atoms with Crippen LogP contribution in [-0.2, 0) is 15.1 Å². The summed E-state index contributed by atoms with van der Waals surface area (Å²) in [5.74, 6) is 1.87. The molecule has 1 aliphatic carbocycles. The summed E-state index contributed by atoms with van der Waals surface area (Å²) in [5.41, 5.74) is 1.24. The van der Waals surface area contributed by atoms with E-state index in [-0.39, 0.29) is 0 Å². The van der Waals surface area contributed by atoms with Crippen molar-refractivity contribution >= 4 is 0 Å². The van der Waals surface area contributed by atoms with Gasteiger partial charge in [-0.2, -0.15) is 0 Å². The second-order valence-electron chi connectivity index (χ2n) is 8.29. The molecule has 5 rings (SSSR count). The van der Waals surface area contributed by atoms with Gasteiger partial charge in [0.15, 0.2) is 11.5 Å². The third-order valence-corrected chi connectivity index (χ3v) is 6.39. The molecule has 32 heavy (non-hydrogen) atoms. The van der Waals surface area contributed by atoms with Crippen LogP contribution in [0.1, 0.15) is 31.6 Å². The van der Waals surface area contributed by atoms with Crippen LogP contribution in [0.25, 0.3) is 22.6 Å². The summed E-state index contributed by atoms with van der Waals surface area (Å²) in [6.07, 6.45) is 2.11. The first-order chi connectivity index (χ1) is 15.5. The Kier molecular flexibility index (Phi) is 5.41. The maximum absolute atomic E-state index is 11.5. The molecule has 0 unspecified atom stereocenters. The highest BCUT2D eigenvalue weighted by molar-refractivity contribution is 5.77. The van der Waals surface area contributed by atoms with Gasteiger partial charge in [-0.1, -0.05) is 0 Å². The SMILES string of the molecule is COc1ccc(-c2nc(C3(O)CCC4(CC3)OCCO4)oc2-c2ccc(OC)cc2)cc1. The summed E-state index contributed by atoms with van der Waals surface area (Å²) >= 11 is 0. The Labute approximate surface area is 186 Å². The van der Waals surface area contributed by atoms with E-state index in [1.54, 1.807) is 14.2 Å². The first-order valence-electron chi connectivity index (χ1n) is 10.8. The number of hydrogen-bond donors (Lipinski definition) is 1. The van der Waals surface area contributed by atoms with Crippen LogP contribution in [0.5, 0.6) is 11.5 Å². The molecule has 1 saturated heterocycles. The zero-order chi connectivity index (χ0) is 22.2. The third kappa shape index (κ3) is 3.77. The molecule has 1 spiro atoms. The Hall–Kier alpha value is -2.87. The molecule has 2 fully saturated rings. The smallest absolute Gasteiger partial charge is 0.227 e. The number of benzene rings is 2. The lowest BCUT2D eigenvalue weighted by Crippen LogP contribution is -2.42. The van der Waals surface area contributed by atoms with Gasteiger partial charge in [0.1, 0.15) is 22.8 Å². The number of ether oxygens (including phenoxy) is 4. The molecule has 0 radical (unpaired) electrons. The van der Waals surface area contributed by atoms with Crippen molar-refractivity contribution in [2.75, 3.05) is 27.4 Å². The van der Waals surface area contributed by atoms with Gasteiger partial charge in [-0.25, -0.2) is 4.98 Å². The lowest BCUT2D eigenvalue weighted by Gasteiger charge is -2.38.